The van der Waals surface area contributed by atoms with Crippen molar-refractivity contribution in [3.63, 3.8) is 0 Å². The molecular formula is C12H15BrS2. The largest absolute Gasteiger partial charge is 0.161 e. The van der Waals surface area contributed by atoms with Crippen LogP contribution in [0.2, 0.25) is 0 Å². The fourth-order valence-electron chi connectivity index (χ4n) is 1.68. The molecule has 2 atom stereocenters. The molecule has 0 saturated carbocycles. The predicted molar refractivity (Wildman–Crippen MR) is 75.3 cm³/mol. The lowest BCUT2D eigenvalue weighted by Gasteiger charge is -2.11. The summed E-state index contributed by atoms with van der Waals surface area (Å²) in [5, 5.41) is 0. The van der Waals surface area contributed by atoms with Crippen LogP contribution in [0.3, 0.4) is 0 Å². The normalized spacial score (nSPS) is 25.7. The molecule has 0 radical (unpaired) electrons. The highest BCUT2D eigenvalue weighted by atomic mass is 79.9. The Balaban J connectivity index is 1.71. The van der Waals surface area contributed by atoms with Crippen molar-refractivity contribution >= 4 is 39.5 Å². The Labute approximate surface area is 109 Å². The van der Waals surface area contributed by atoms with Crippen LogP contribution in [-0.4, -0.2) is 22.1 Å². The van der Waals surface area contributed by atoms with Crippen LogP contribution in [0.4, 0.5) is 0 Å². The first-order valence-corrected chi connectivity index (χ1v) is 8.31. The summed E-state index contributed by atoms with van der Waals surface area (Å²) in [5.74, 6) is 4.76. The van der Waals surface area contributed by atoms with Gasteiger partial charge in [0, 0.05) is 15.5 Å². The van der Waals surface area contributed by atoms with Crippen LogP contribution in [0, 0.1) is 5.92 Å². The second-order valence-corrected chi connectivity index (χ2v) is 7.18. The summed E-state index contributed by atoms with van der Waals surface area (Å²) in [5.41, 5.74) is 0. The first-order valence-electron chi connectivity index (χ1n) is 5.26. The number of halogens is 1. The molecule has 0 amide bonds. The second kappa shape index (κ2) is 6.21. The van der Waals surface area contributed by atoms with E-state index in [0.29, 0.717) is 0 Å². The maximum absolute atomic E-state index is 3.76. The van der Waals surface area contributed by atoms with E-state index >= 15 is 0 Å². The Morgan fingerprint density at radius 3 is 2.73 bits per heavy atom. The van der Waals surface area contributed by atoms with Gasteiger partial charge in [-0.15, -0.1) is 11.8 Å². The minimum Gasteiger partial charge on any atom is -0.161 e. The summed E-state index contributed by atoms with van der Waals surface area (Å²) >= 11 is 7.82. The van der Waals surface area contributed by atoms with Crippen molar-refractivity contribution in [1.82, 2.24) is 0 Å². The molecule has 0 bridgehead atoms. The van der Waals surface area contributed by atoms with Crippen LogP contribution in [0.1, 0.15) is 6.42 Å². The molecule has 0 spiro atoms. The van der Waals surface area contributed by atoms with Gasteiger partial charge in [-0.05, 0) is 36.0 Å². The Morgan fingerprint density at radius 1 is 1.27 bits per heavy atom. The zero-order valence-corrected chi connectivity index (χ0v) is 11.8. The molecule has 1 aromatic rings. The monoisotopic (exact) mass is 302 g/mol. The molecule has 1 aliphatic heterocycles. The molecule has 1 fully saturated rings. The fourth-order valence-corrected chi connectivity index (χ4v) is 5.28. The Kier molecular flexibility index (Phi) is 4.92. The first kappa shape index (κ1) is 11.9. The van der Waals surface area contributed by atoms with Crippen molar-refractivity contribution in [3.05, 3.63) is 30.3 Å². The van der Waals surface area contributed by atoms with Crippen LogP contribution in [0.15, 0.2) is 35.2 Å². The van der Waals surface area contributed by atoms with E-state index in [2.05, 4.69) is 58.0 Å². The maximum atomic E-state index is 3.76. The summed E-state index contributed by atoms with van der Waals surface area (Å²) in [4.78, 5) is 2.15. The van der Waals surface area contributed by atoms with E-state index in [1.54, 1.807) is 0 Å². The maximum Gasteiger partial charge on any atom is 0.0272 e. The molecule has 1 saturated heterocycles. The Bertz CT molecular complexity index is 289. The van der Waals surface area contributed by atoms with Crippen LogP contribution >= 0.6 is 39.5 Å². The number of hydrogen-bond acceptors (Lipinski definition) is 2. The average Bonchev–Trinajstić information content (AvgIpc) is 2.66. The minimum absolute atomic E-state index is 0.749. The first-order chi connectivity index (χ1) is 7.36. The van der Waals surface area contributed by atoms with Crippen molar-refractivity contribution in [2.24, 2.45) is 5.92 Å². The zero-order chi connectivity index (χ0) is 10.5. The van der Waals surface area contributed by atoms with E-state index in [1.165, 1.54) is 28.6 Å². The smallest absolute Gasteiger partial charge is 0.0272 e. The van der Waals surface area contributed by atoms with E-state index in [0.717, 1.165) is 10.7 Å². The van der Waals surface area contributed by atoms with Crippen molar-refractivity contribution in [3.8, 4) is 0 Å². The zero-order valence-electron chi connectivity index (χ0n) is 8.56. The van der Waals surface area contributed by atoms with Crippen molar-refractivity contribution in [2.45, 2.75) is 16.1 Å². The number of thioether (sulfide) groups is 2. The predicted octanol–water partition coefficient (Wildman–Crippen LogP) is 4.30. The Hall–Kier alpha value is 0.400. The molecule has 0 nitrogen and oxygen atoms in total. The van der Waals surface area contributed by atoms with Crippen LogP contribution in [0.25, 0.3) is 0 Å². The van der Waals surface area contributed by atoms with Crippen LogP contribution < -0.4 is 0 Å². The average molecular weight is 303 g/mol. The third-order valence-electron chi connectivity index (χ3n) is 2.62. The highest BCUT2D eigenvalue weighted by Crippen LogP contribution is 2.33. The van der Waals surface area contributed by atoms with Gasteiger partial charge in [-0.3, -0.25) is 0 Å². The third kappa shape index (κ3) is 3.72. The van der Waals surface area contributed by atoms with E-state index in [1.807, 2.05) is 11.8 Å². The topological polar surface area (TPSA) is 0 Å². The molecule has 3 heteroatoms. The van der Waals surface area contributed by atoms with Gasteiger partial charge in [-0.25, -0.2) is 0 Å². The van der Waals surface area contributed by atoms with Gasteiger partial charge in [0.25, 0.3) is 0 Å². The summed E-state index contributed by atoms with van der Waals surface area (Å²) in [6.45, 7) is 0. The van der Waals surface area contributed by atoms with Gasteiger partial charge in [0.2, 0.25) is 0 Å². The Morgan fingerprint density at radius 2 is 2.07 bits per heavy atom. The molecule has 1 heterocycles. The van der Waals surface area contributed by atoms with Gasteiger partial charge in [0.05, 0.1) is 0 Å². The number of hydrogen-bond donors (Lipinski definition) is 0. The van der Waals surface area contributed by atoms with Crippen LogP contribution in [0.5, 0.6) is 0 Å². The molecule has 0 aromatic heterocycles. The van der Waals surface area contributed by atoms with Gasteiger partial charge in [-0.1, -0.05) is 34.1 Å². The minimum atomic E-state index is 0.749. The van der Waals surface area contributed by atoms with Gasteiger partial charge >= 0.3 is 0 Å². The van der Waals surface area contributed by atoms with Gasteiger partial charge in [0.15, 0.2) is 0 Å². The van der Waals surface area contributed by atoms with Crippen LogP contribution in [-0.2, 0) is 0 Å². The molecule has 2 unspecified atom stereocenters. The van der Waals surface area contributed by atoms with Crippen molar-refractivity contribution in [2.75, 3.05) is 17.3 Å². The molecule has 15 heavy (non-hydrogen) atoms. The lowest BCUT2D eigenvalue weighted by atomic mass is 10.1. The molecule has 0 N–H and O–H groups in total. The van der Waals surface area contributed by atoms with Crippen molar-refractivity contribution < 1.29 is 0 Å². The lowest BCUT2D eigenvalue weighted by Crippen LogP contribution is -2.11. The van der Waals surface area contributed by atoms with Gasteiger partial charge < -0.3 is 0 Å². The fraction of sp³-hybridized carbons (Fsp3) is 0.500. The number of alkyl halides is 1. The summed E-state index contributed by atoms with van der Waals surface area (Å²) in [6.07, 6.45) is 1.34. The third-order valence-corrected chi connectivity index (χ3v) is 6.43. The standard InChI is InChI=1S/C12H15BrS2/c13-12-9-14-8-10(12)6-7-15-11-4-2-1-3-5-11/h1-5,10,12H,6-9H2. The second-order valence-electron chi connectivity index (χ2n) is 3.76. The summed E-state index contributed by atoms with van der Waals surface area (Å²) in [7, 11) is 0. The van der Waals surface area contributed by atoms with Crippen molar-refractivity contribution in [1.29, 1.82) is 0 Å². The van der Waals surface area contributed by atoms with Gasteiger partial charge in [-0.2, -0.15) is 11.8 Å². The van der Waals surface area contributed by atoms with E-state index in [4.69, 9.17) is 0 Å². The number of benzene rings is 1. The lowest BCUT2D eigenvalue weighted by molar-refractivity contribution is 0.603. The van der Waals surface area contributed by atoms with Gasteiger partial charge in [0.1, 0.15) is 0 Å². The summed E-state index contributed by atoms with van der Waals surface area (Å²) in [6, 6.07) is 10.7. The molecule has 1 aliphatic rings. The highest BCUT2D eigenvalue weighted by molar-refractivity contribution is 9.09. The molecule has 2 rings (SSSR count). The summed E-state index contributed by atoms with van der Waals surface area (Å²) < 4.78 is 0. The van der Waals surface area contributed by atoms with E-state index in [9.17, 15) is 0 Å². The number of rotatable bonds is 4. The molecule has 1 aromatic carbocycles. The molecule has 0 aliphatic carbocycles. The van der Waals surface area contributed by atoms with E-state index < -0.39 is 0 Å². The quantitative estimate of drug-likeness (QED) is 0.601. The molecular weight excluding hydrogens is 288 g/mol. The molecule has 82 valence electrons. The SMILES string of the molecule is BrC1CSCC1CCSc1ccccc1. The highest BCUT2D eigenvalue weighted by Gasteiger charge is 2.24. The van der Waals surface area contributed by atoms with E-state index in [-0.39, 0.29) is 0 Å².